The normalized spacial score (nSPS) is 26.4. The van der Waals surface area contributed by atoms with Crippen molar-refractivity contribution in [1.82, 2.24) is 4.57 Å². The molecule has 2 aromatic carbocycles. The fourth-order valence-electron chi connectivity index (χ4n) is 5.00. The SMILES string of the molecule is Cc1ccc(-c2c3n(c(=O)c4ccccc24)[C@]2(O)CCC(=O)[C@]2(C)C3)cc1. The molecule has 5 rings (SSSR count). The van der Waals surface area contributed by atoms with Crippen LogP contribution in [0.3, 0.4) is 0 Å². The van der Waals surface area contributed by atoms with Crippen LogP contribution < -0.4 is 5.56 Å². The fourth-order valence-corrected chi connectivity index (χ4v) is 5.00. The van der Waals surface area contributed by atoms with Gasteiger partial charge < -0.3 is 5.11 Å². The van der Waals surface area contributed by atoms with E-state index in [1.54, 1.807) is 13.0 Å². The van der Waals surface area contributed by atoms with E-state index >= 15 is 0 Å². The van der Waals surface area contributed by atoms with Crippen LogP contribution in [0.25, 0.3) is 21.9 Å². The lowest BCUT2D eigenvalue weighted by atomic mass is 9.79. The Morgan fingerprint density at radius 2 is 1.67 bits per heavy atom. The first-order chi connectivity index (χ1) is 12.9. The van der Waals surface area contributed by atoms with E-state index in [4.69, 9.17) is 0 Å². The van der Waals surface area contributed by atoms with Gasteiger partial charge in [-0.15, -0.1) is 0 Å². The third-order valence-corrected chi connectivity index (χ3v) is 6.62. The number of carbonyl (C=O) groups is 1. The summed E-state index contributed by atoms with van der Waals surface area (Å²) in [5, 5.41) is 13.0. The second kappa shape index (κ2) is 5.17. The molecular weight excluding hydrogens is 338 g/mol. The summed E-state index contributed by atoms with van der Waals surface area (Å²) in [4.78, 5) is 26.0. The predicted molar refractivity (Wildman–Crippen MR) is 105 cm³/mol. The van der Waals surface area contributed by atoms with Crippen molar-refractivity contribution in [3.8, 4) is 11.1 Å². The molecule has 0 spiro atoms. The zero-order chi connectivity index (χ0) is 19.0. The highest BCUT2D eigenvalue weighted by Gasteiger charge is 2.63. The Kier molecular flexibility index (Phi) is 3.15. The van der Waals surface area contributed by atoms with Crippen LogP contribution >= 0.6 is 0 Å². The molecule has 1 aliphatic carbocycles. The molecule has 2 atom stereocenters. The number of fused-ring (bicyclic) bond motifs is 4. The summed E-state index contributed by atoms with van der Waals surface area (Å²) in [6, 6.07) is 15.7. The first-order valence-electron chi connectivity index (χ1n) is 9.37. The molecule has 2 aliphatic rings. The summed E-state index contributed by atoms with van der Waals surface area (Å²) >= 11 is 0. The Morgan fingerprint density at radius 1 is 1.00 bits per heavy atom. The first-order valence-corrected chi connectivity index (χ1v) is 9.37. The molecule has 0 amide bonds. The zero-order valence-corrected chi connectivity index (χ0v) is 15.5. The van der Waals surface area contributed by atoms with Gasteiger partial charge in [0.05, 0.1) is 5.41 Å². The van der Waals surface area contributed by atoms with Crippen LogP contribution in [0.5, 0.6) is 0 Å². The number of nitrogens with zero attached hydrogens (tertiary/aromatic N) is 1. The smallest absolute Gasteiger partial charge is 0.261 e. The van der Waals surface area contributed by atoms with Gasteiger partial charge in [-0.25, -0.2) is 0 Å². The van der Waals surface area contributed by atoms with Crippen LogP contribution in [0, 0.1) is 12.3 Å². The second-order valence-corrected chi connectivity index (χ2v) is 8.12. The maximum Gasteiger partial charge on any atom is 0.261 e. The number of pyridine rings is 1. The maximum atomic E-state index is 13.3. The molecule has 3 aromatic rings. The Balaban J connectivity index is 1.95. The van der Waals surface area contributed by atoms with Crippen LogP contribution in [0.1, 0.15) is 31.0 Å². The number of aryl methyl sites for hydroxylation is 1. The van der Waals surface area contributed by atoms with E-state index in [0.717, 1.165) is 27.8 Å². The summed E-state index contributed by atoms with van der Waals surface area (Å²) in [7, 11) is 0. The van der Waals surface area contributed by atoms with Crippen molar-refractivity contribution in [2.45, 2.75) is 38.8 Å². The number of hydrogen-bond acceptors (Lipinski definition) is 3. The van der Waals surface area contributed by atoms with Crippen molar-refractivity contribution >= 4 is 16.6 Å². The van der Waals surface area contributed by atoms with Crippen LogP contribution in [0.2, 0.25) is 0 Å². The van der Waals surface area contributed by atoms with E-state index in [0.29, 0.717) is 24.6 Å². The Hall–Kier alpha value is -2.72. The predicted octanol–water partition coefficient (Wildman–Crippen LogP) is 3.55. The molecule has 0 saturated heterocycles. The van der Waals surface area contributed by atoms with Crippen molar-refractivity contribution in [3.05, 3.63) is 70.1 Å². The van der Waals surface area contributed by atoms with Crippen molar-refractivity contribution in [1.29, 1.82) is 0 Å². The number of aromatic nitrogens is 1. The van der Waals surface area contributed by atoms with Crippen LogP contribution in [-0.2, 0) is 16.9 Å². The van der Waals surface area contributed by atoms with Crippen molar-refractivity contribution in [2.24, 2.45) is 5.41 Å². The number of Topliss-reactive ketones (excluding diaryl/α,β-unsaturated/α-hetero) is 1. The molecule has 1 aliphatic heterocycles. The van der Waals surface area contributed by atoms with Crippen molar-refractivity contribution in [2.75, 3.05) is 0 Å². The zero-order valence-electron chi connectivity index (χ0n) is 15.5. The fraction of sp³-hybridized carbons (Fsp3) is 0.304. The van der Waals surface area contributed by atoms with E-state index in [1.807, 2.05) is 49.4 Å². The average molecular weight is 359 g/mol. The molecule has 1 saturated carbocycles. The lowest BCUT2D eigenvalue weighted by Gasteiger charge is -2.32. The van der Waals surface area contributed by atoms with Crippen molar-refractivity contribution in [3.63, 3.8) is 0 Å². The van der Waals surface area contributed by atoms with Gasteiger partial charge in [0.25, 0.3) is 5.56 Å². The molecule has 0 radical (unpaired) electrons. The third kappa shape index (κ3) is 1.91. The molecule has 4 heteroatoms. The molecule has 0 bridgehead atoms. The molecule has 0 unspecified atom stereocenters. The Labute approximate surface area is 157 Å². The van der Waals surface area contributed by atoms with Gasteiger partial charge in [-0.3, -0.25) is 14.2 Å². The standard InChI is InChI=1S/C23H21NO3/c1-14-7-9-15(10-8-14)20-16-5-3-4-6-17(16)21(26)24-18(20)13-22(2)19(25)11-12-23(22,24)27/h3-10,27H,11-13H2,1-2H3/t22-,23-/m0/s1. The number of rotatable bonds is 1. The van der Waals surface area contributed by atoms with Gasteiger partial charge in [0, 0.05) is 35.9 Å². The minimum absolute atomic E-state index is 0.0343. The lowest BCUT2D eigenvalue weighted by molar-refractivity contribution is -0.142. The Bertz CT molecular complexity index is 1170. The lowest BCUT2D eigenvalue weighted by Crippen LogP contribution is -2.47. The second-order valence-electron chi connectivity index (χ2n) is 8.12. The van der Waals surface area contributed by atoms with Crippen molar-refractivity contribution < 1.29 is 9.90 Å². The molecule has 1 aromatic heterocycles. The maximum absolute atomic E-state index is 13.3. The molecule has 27 heavy (non-hydrogen) atoms. The number of aliphatic hydroxyl groups is 1. The minimum atomic E-state index is -1.44. The van der Waals surface area contributed by atoms with Crippen LogP contribution in [0.4, 0.5) is 0 Å². The summed E-state index contributed by atoms with van der Waals surface area (Å²) in [6.07, 6.45) is 0.984. The third-order valence-electron chi connectivity index (χ3n) is 6.62. The Morgan fingerprint density at radius 3 is 2.37 bits per heavy atom. The summed E-state index contributed by atoms with van der Waals surface area (Å²) in [5.74, 6) is 0.0343. The molecule has 2 heterocycles. The number of benzene rings is 2. The highest BCUT2D eigenvalue weighted by atomic mass is 16.3. The number of hydrogen-bond donors (Lipinski definition) is 1. The molecule has 1 N–H and O–H groups in total. The van der Waals surface area contributed by atoms with Crippen LogP contribution in [-0.4, -0.2) is 15.5 Å². The highest BCUT2D eigenvalue weighted by molar-refractivity contribution is 5.99. The number of ketones is 1. The van der Waals surface area contributed by atoms with Gasteiger partial charge >= 0.3 is 0 Å². The highest BCUT2D eigenvalue weighted by Crippen LogP contribution is 2.55. The van der Waals surface area contributed by atoms with Gasteiger partial charge in [-0.1, -0.05) is 48.0 Å². The van der Waals surface area contributed by atoms with E-state index in [-0.39, 0.29) is 11.3 Å². The monoisotopic (exact) mass is 359 g/mol. The molecule has 4 nitrogen and oxygen atoms in total. The van der Waals surface area contributed by atoms with E-state index in [2.05, 4.69) is 0 Å². The average Bonchev–Trinajstić information content (AvgIpc) is 3.03. The van der Waals surface area contributed by atoms with Gasteiger partial charge in [0.1, 0.15) is 5.78 Å². The van der Waals surface area contributed by atoms with E-state index in [1.165, 1.54) is 4.57 Å². The number of carbonyl (C=O) groups excluding carboxylic acids is 1. The van der Waals surface area contributed by atoms with E-state index < -0.39 is 11.1 Å². The summed E-state index contributed by atoms with van der Waals surface area (Å²) in [5.41, 5.74) is 1.27. The first kappa shape index (κ1) is 16.5. The molecule has 136 valence electrons. The van der Waals surface area contributed by atoms with E-state index in [9.17, 15) is 14.7 Å². The summed E-state index contributed by atoms with van der Waals surface area (Å²) in [6.45, 7) is 3.84. The topological polar surface area (TPSA) is 59.3 Å². The van der Waals surface area contributed by atoms with Crippen LogP contribution in [0.15, 0.2) is 53.3 Å². The molecular formula is C23H21NO3. The quantitative estimate of drug-likeness (QED) is 0.723. The summed E-state index contributed by atoms with van der Waals surface area (Å²) < 4.78 is 1.52. The molecule has 1 fully saturated rings. The van der Waals surface area contributed by atoms with Gasteiger partial charge in [-0.2, -0.15) is 0 Å². The minimum Gasteiger partial charge on any atom is -0.369 e. The van der Waals surface area contributed by atoms with Gasteiger partial charge in [0.2, 0.25) is 0 Å². The largest absolute Gasteiger partial charge is 0.369 e. The van der Waals surface area contributed by atoms with Gasteiger partial charge in [-0.05, 0) is 30.9 Å². The van der Waals surface area contributed by atoms with Gasteiger partial charge in [0.15, 0.2) is 5.72 Å².